The molecular formula is C24H18IN3O3. The zero-order valence-corrected chi connectivity index (χ0v) is 18.5. The fourth-order valence-electron chi connectivity index (χ4n) is 2.59. The largest absolute Gasteiger partial charge is 0.484 e. The second-order valence-electron chi connectivity index (χ2n) is 6.38. The van der Waals surface area contributed by atoms with Crippen molar-refractivity contribution < 1.29 is 14.3 Å². The number of carbonyl (C=O) groups excluding carboxylic acids is 2. The molecule has 0 saturated carbocycles. The maximum absolute atomic E-state index is 12.3. The van der Waals surface area contributed by atoms with E-state index in [9.17, 15) is 14.9 Å². The van der Waals surface area contributed by atoms with Crippen LogP contribution in [0.1, 0.15) is 5.56 Å². The minimum atomic E-state index is -0.485. The normalized spacial score (nSPS) is 10.6. The van der Waals surface area contributed by atoms with Crippen molar-refractivity contribution >= 4 is 51.9 Å². The summed E-state index contributed by atoms with van der Waals surface area (Å²) in [4.78, 5) is 24.4. The molecule has 154 valence electrons. The van der Waals surface area contributed by atoms with E-state index in [1.165, 1.54) is 6.08 Å². The van der Waals surface area contributed by atoms with E-state index in [1.54, 1.807) is 48.5 Å². The van der Waals surface area contributed by atoms with Crippen molar-refractivity contribution in [2.24, 2.45) is 0 Å². The Morgan fingerprint density at radius 3 is 2.29 bits per heavy atom. The van der Waals surface area contributed by atoms with Crippen LogP contribution in [0, 0.1) is 14.9 Å². The standard InChI is InChI=1S/C24H18IN3O3/c25-21-8-4-5-9-22(21)28-23(29)16-31-20-12-10-17(11-13-20)14-18(15-26)24(30)27-19-6-2-1-3-7-19/h1-14H,16H2,(H,27,30)(H,28,29)/b18-14+. The molecule has 0 aliphatic rings. The Bertz CT molecular complexity index is 1140. The van der Waals surface area contributed by atoms with Crippen LogP contribution in [0.15, 0.2) is 84.4 Å². The minimum absolute atomic E-state index is 0.0191. The van der Waals surface area contributed by atoms with Gasteiger partial charge in [-0.25, -0.2) is 0 Å². The maximum Gasteiger partial charge on any atom is 0.266 e. The molecule has 2 amide bonds. The van der Waals surface area contributed by atoms with Crippen molar-refractivity contribution in [2.45, 2.75) is 0 Å². The molecule has 3 aromatic carbocycles. The zero-order valence-electron chi connectivity index (χ0n) is 16.3. The van der Waals surface area contributed by atoms with E-state index in [1.807, 2.05) is 36.4 Å². The minimum Gasteiger partial charge on any atom is -0.484 e. The van der Waals surface area contributed by atoms with Crippen molar-refractivity contribution in [2.75, 3.05) is 17.2 Å². The first-order valence-electron chi connectivity index (χ1n) is 9.30. The molecule has 3 aromatic rings. The van der Waals surface area contributed by atoms with Crippen LogP contribution in [0.25, 0.3) is 6.08 Å². The number of halogens is 1. The van der Waals surface area contributed by atoms with Crippen molar-refractivity contribution in [1.82, 2.24) is 0 Å². The molecule has 0 fully saturated rings. The Morgan fingerprint density at radius 2 is 1.61 bits per heavy atom. The first-order valence-corrected chi connectivity index (χ1v) is 10.4. The Balaban J connectivity index is 1.57. The Labute approximate surface area is 193 Å². The van der Waals surface area contributed by atoms with Gasteiger partial charge in [-0.05, 0) is 70.6 Å². The summed E-state index contributed by atoms with van der Waals surface area (Å²) in [5.74, 6) is -0.249. The lowest BCUT2D eigenvalue weighted by Crippen LogP contribution is -2.20. The van der Waals surface area contributed by atoms with Crippen molar-refractivity contribution in [3.05, 3.63) is 93.6 Å². The van der Waals surface area contributed by atoms with Gasteiger partial charge in [-0.3, -0.25) is 9.59 Å². The number of benzene rings is 3. The number of nitrogens with zero attached hydrogens (tertiary/aromatic N) is 1. The molecule has 7 heteroatoms. The number of anilines is 2. The second kappa shape index (κ2) is 10.9. The Hall–Kier alpha value is -3.64. The van der Waals surface area contributed by atoms with Crippen molar-refractivity contribution in [3.8, 4) is 11.8 Å². The molecule has 0 radical (unpaired) electrons. The summed E-state index contributed by atoms with van der Waals surface area (Å²) in [5, 5.41) is 14.8. The smallest absolute Gasteiger partial charge is 0.266 e. The lowest BCUT2D eigenvalue weighted by molar-refractivity contribution is -0.118. The molecule has 0 unspecified atom stereocenters. The molecule has 3 rings (SSSR count). The molecule has 0 saturated heterocycles. The van der Waals surface area contributed by atoms with Crippen molar-refractivity contribution in [1.29, 1.82) is 5.26 Å². The SMILES string of the molecule is N#C/C(=C\c1ccc(OCC(=O)Nc2ccccc2I)cc1)C(=O)Nc1ccccc1. The van der Waals surface area contributed by atoms with E-state index >= 15 is 0 Å². The molecule has 0 aromatic heterocycles. The number of carbonyl (C=O) groups is 2. The van der Waals surface area contributed by atoms with Gasteiger partial charge in [-0.15, -0.1) is 0 Å². The fraction of sp³-hybridized carbons (Fsp3) is 0.0417. The third kappa shape index (κ3) is 6.69. The lowest BCUT2D eigenvalue weighted by Gasteiger charge is -2.09. The number of hydrogen-bond donors (Lipinski definition) is 2. The summed E-state index contributed by atoms with van der Waals surface area (Å²) < 4.78 is 6.45. The van der Waals surface area contributed by atoms with E-state index in [4.69, 9.17) is 4.74 Å². The third-order valence-electron chi connectivity index (χ3n) is 4.11. The van der Waals surface area contributed by atoms with Gasteiger partial charge in [0.15, 0.2) is 6.61 Å². The summed E-state index contributed by atoms with van der Waals surface area (Å²) in [6.45, 7) is -0.136. The Kier molecular flexibility index (Phi) is 7.79. The summed E-state index contributed by atoms with van der Waals surface area (Å²) in [5.41, 5.74) is 1.99. The molecule has 0 heterocycles. The number of hydrogen-bond acceptors (Lipinski definition) is 4. The van der Waals surface area contributed by atoms with Crippen LogP contribution in [0.3, 0.4) is 0 Å². The van der Waals surface area contributed by atoms with E-state index in [-0.39, 0.29) is 18.1 Å². The average Bonchev–Trinajstić information content (AvgIpc) is 2.79. The summed E-state index contributed by atoms with van der Waals surface area (Å²) in [7, 11) is 0. The van der Waals surface area contributed by atoms with Crippen LogP contribution in [-0.4, -0.2) is 18.4 Å². The Morgan fingerprint density at radius 1 is 0.935 bits per heavy atom. The maximum atomic E-state index is 12.3. The molecule has 2 N–H and O–H groups in total. The van der Waals surface area contributed by atoms with Crippen molar-refractivity contribution in [3.63, 3.8) is 0 Å². The van der Waals surface area contributed by atoms with Gasteiger partial charge in [0, 0.05) is 9.26 Å². The van der Waals surface area contributed by atoms with Gasteiger partial charge in [-0.1, -0.05) is 42.5 Å². The average molecular weight is 523 g/mol. The number of para-hydroxylation sites is 2. The number of nitriles is 1. The number of amides is 2. The first-order chi connectivity index (χ1) is 15.0. The fourth-order valence-corrected chi connectivity index (χ4v) is 3.12. The second-order valence-corrected chi connectivity index (χ2v) is 7.54. The van der Waals surface area contributed by atoms with Crippen LogP contribution in [-0.2, 0) is 9.59 Å². The van der Waals surface area contributed by atoms with E-state index in [2.05, 4.69) is 33.2 Å². The number of rotatable bonds is 7. The van der Waals surface area contributed by atoms with Gasteiger partial charge < -0.3 is 15.4 Å². The molecule has 31 heavy (non-hydrogen) atoms. The molecule has 0 bridgehead atoms. The predicted molar refractivity (Wildman–Crippen MR) is 128 cm³/mol. The van der Waals surface area contributed by atoms with E-state index in [0.29, 0.717) is 17.0 Å². The van der Waals surface area contributed by atoms with Gasteiger partial charge in [0.1, 0.15) is 17.4 Å². The number of ether oxygens (including phenoxy) is 1. The molecule has 0 aliphatic heterocycles. The lowest BCUT2D eigenvalue weighted by atomic mass is 10.1. The van der Waals surface area contributed by atoms with E-state index < -0.39 is 5.91 Å². The number of nitrogens with one attached hydrogen (secondary N) is 2. The molecule has 0 spiro atoms. The first kappa shape index (κ1) is 22.1. The highest BCUT2D eigenvalue weighted by Gasteiger charge is 2.10. The summed E-state index contributed by atoms with van der Waals surface area (Å²) >= 11 is 2.15. The molecule has 0 aliphatic carbocycles. The summed E-state index contributed by atoms with van der Waals surface area (Å²) in [6, 6.07) is 25.1. The van der Waals surface area contributed by atoms with Gasteiger partial charge in [-0.2, -0.15) is 5.26 Å². The van der Waals surface area contributed by atoms with Crippen LogP contribution in [0.2, 0.25) is 0 Å². The molecule has 6 nitrogen and oxygen atoms in total. The highest BCUT2D eigenvalue weighted by atomic mass is 127. The van der Waals surface area contributed by atoms with E-state index in [0.717, 1.165) is 9.26 Å². The topological polar surface area (TPSA) is 91.2 Å². The quantitative estimate of drug-likeness (QED) is 0.263. The zero-order chi connectivity index (χ0) is 22.1. The van der Waals surface area contributed by atoms with Gasteiger partial charge >= 0.3 is 0 Å². The van der Waals surface area contributed by atoms with Gasteiger partial charge in [0.2, 0.25) is 0 Å². The van der Waals surface area contributed by atoms with Gasteiger partial charge in [0.05, 0.1) is 5.69 Å². The van der Waals surface area contributed by atoms with Gasteiger partial charge in [0.25, 0.3) is 11.8 Å². The summed E-state index contributed by atoms with van der Waals surface area (Å²) in [6.07, 6.45) is 1.49. The molecule has 0 atom stereocenters. The van der Waals surface area contributed by atoms with Crippen LogP contribution < -0.4 is 15.4 Å². The highest BCUT2D eigenvalue weighted by Crippen LogP contribution is 2.18. The third-order valence-corrected chi connectivity index (χ3v) is 5.05. The van der Waals surface area contributed by atoms with Crippen LogP contribution >= 0.6 is 22.6 Å². The highest BCUT2D eigenvalue weighted by molar-refractivity contribution is 14.1. The monoisotopic (exact) mass is 523 g/mol. The predicted octanol–water partition coefficient (Wildman–Crippen LogP) is 4.85. The van der Waals surface area contributed by atoms with Crippen LogP contribution in [0.5, 0.6) is 5.75 Å². The molecular weight excluding hydrogens is 505 g/mol. The van der Waals surface area contributed by atoms with Crippen LogP contribution in [0.4, 0.5) is 11.4 Å².